The summed E-state index contributed by atoms with van der Waals surface area (Å²) >= 11 is 0. The SMILES string of the molecule is C#CCCC1(O)CCCN(C(C)C)CC1. The molecule has 1 unspecified atom stereocenters. The molecule has 15 heavy (non-hydrogen) atoms. The van der Waals surface area contributed by atoms with E-state index in [9.17, 15) is 5.11 Å². The summed E-state index contributed by atoms with van der Waals surface area (Å²) in [7, 11) is 0. The van der Waals surface area contributed by atoms with Crippen LogP contribution in [-0.4, -0.2) is 34.7 Å². The predicted octanol–water partition coefficient (Wildman–Crippen LogP) is 2.03. The molecule has 1 aliphatic rings. The maximum Gasteiger partial charge on any atom is 0.0669 e. The van der Waals surface area contributed by atoms with Crippen LogP contribution in [0.2, 0.25) is 0 Å². The Morgan fingerprint density at radius 3 is 2.73 bits per heavy atom. The first-order valence-electron chi connectivity index (χ1n) is 5.97. The Kier molecular flexibility index (Phi) is 4.63. The molecular formula is C13H23NO. The summed E-state index contributed by atoms with van der Waals surface area (Å²) in [4.78, 5) is 2.44. The number of aliphatic hydroxyl groups is 1. The lowest BCUT2D eigenvalue weighted by Gasteiger charge is -2.27. The molecule has 0 amide bonds. The van der Waals surface area contributed by atoms with Crippen molar-refractivity contribution >= 4 is 0 Å². The van der Waals surface area contributed by atoms with Gasteiger partial charge in [-0.05, 0) is 46.1 Å². The molecule has 0 radical (unpaired) electrons. The molecule has 0 bridgehead atoms. The second-order valence-corrected chi connectivity index (χ2v) is 4.91. The summed E-state index contributed by atoms with van der Waals surface area (Å²) in [5.74, 6) is 2.62. The largest absolute Gasteiger partial charge is 0.390 e. The summed E-state index contributed by atoms with van der Waals surface area (Å²) in [6, 6.07) is 0.583. The fourth-order valence-electron chi connectivity index (χ4n) is 2.27. The van der Waals surface area contributed by atoms with Gasteiger partial charge < -0.3 is 10.0 Å². The van der Waals surface area contributed by atoms with Crippen molar-refractivity contribution in [3.63, 3.8) is 0 Å². The van der Waals surface area contributed by atoms with Crippen molar-refractivity contribution in [2.24, 2.45) is 0 Å². The topological polar surface area (TPSA) is 23.5 Å². The van der Waals surface area contributed by atoms with Crippen molar-refractivity contribution in [3.8, 4) is 12.3 Å². The highest BCUT2D eigenvalue weighted by Crippen LogP contribution is 2.27. The van der Waals surface area contributed by atoms with Crippen molar-refractivity contribution in [2.75, 3.05) is 13.1 Å². The van der Waals surface area contributed by atoms with Gasteiger partial charge in [-0.15, -0.1) is 12.3 Å². The van der Waals surface area contributed by atoms with Crippen LogP contribution in [0.15, 0.2) is 0 Å². The fraction of sp³-hybridized carbons (Fsp3) is 0.846. The summed E-state index contributed by atoms with van der Waals surface area (Å²) in [6.07, 6.45) is 9.55. The van der Waals surface area contributed by atoms with Gasteiger partial charge in [-0.2, -0.15) is 0 Å². The average molecular weight is 209 g/mol. The third kappa shape index (κ3) is 3.85. The van der Waals surface area contributed by atoms with Gasteiger partial charge in [0.15, 0.2) is 0 Å². The normalized spacial score (nSPS) is 28.7. The first-order valence-corrected chi connectivity index (χ1v) is 5.97. The zero-order chi connectivity index (χ0) is 11.3. The van der Waals surface area contributed by atoms with Crippen LogP contribution >= 0.6 is 0 Å². The summed E-state index contributed by atoms with van der Waals surface area (Å²) in [5.41, 5.74) is -0.504. The molecule has 1 aliphatic heterocycles. The van der Waals surface area contributed by atoms with Crippen molar-refractivity contribution in [1.82, 2.24) is 4.90 Å². The number of hydrogen-bond donors (Lipinski definition) is 1. The molecule has 0 aromatic heterocycles. The Bertz CT molecular complexity index is 231. The van der Waals surface area contributed by atoms with Crippen molar-refractivity contribution in [1.29, 1.82) is 0 Å². The monoisotopic (exact) mass is 209 g/mol. The molecular weight excluding hydrogens is 186 g/mol. The van der Waals surface area contributed by atoms with E-state index >= 15 is 0 Å². The van der Waals surface area contributed by atoms with Gasteiger partial charge in [-0.1, -0.05) is 0 Å². The minimum atomic E-state index is -0.504. The summed E-state index contributed by atoms with van der Waals surface area (Å²) in [6.45, 7) is 6.53. The van der Waals surface area contributed by atoms with E-state index in [1.807, 2.05) is 0 Å². The van der Waals surface area contributed by atoms with Crippen LogP contribution in [-0.2, 0) is 0 Å². The van der Waals surface area contributed by atoms with E-state index in [2.05, 4.69) is 24.7 Å². The smallest absolute Gasteiger partial charge is 0.0669 e. The molecule has 0 spiro atoms. The zero-order valence-corrected chi connectivity index (χ0v) is 10.00. The van der Waals surface area contributed by atoms with Gasteiger partial charge in [-0.3, -0.25) is 0 Å². The van der Waals surface area contributed by atoms with E-state index in [1.54, 1.807) is 0 Å². The molecule has 2 nitrogen and oxygen atoms in total. The van der Waals surface area contributed by atoms with Gasteiger partial charge >= 0.3 is 0 Å². The number of rotatable bonds is 3. The Labute approximate surface area is 93.7 Å². The Hall–Kier alpha value is -0.520. The minimum absolute atomic E-state index is 0.504. The average Bonchev–Trinajstić information content (AvgIpc) is 2.38. The summed E-state index contributed by atoms with van der Waals surface area (Å²) in [5, 5.41) is 10.4. The van der Waals surface area contributed by atoms with Crippen LogP contribution in [0.5, 0.6) is 0 Å². The molecule has 1 fully saturated rings. The second-order valence-electron chi connectivity index (χ2n) is 4.91. The van der Waals surface area contributed by atoms with Gasteiger partial charge in [-0.25, -0.2) is 0 Å². The lowest BCUT2D eigenvalue weighted by atomic mass is 9.90. The van der Waals surface area contributed by atoms with E-state index in [1.165, 1.54) is 0 Å². The highest BCUT2D eigenvalue weighted by Gasteiger charge is 2.29. The summed E-state index contributed by atoms with van der Waals surface area (Å²) < 4.78 is 0. The van der Waals surface area contributed by atoms with Gasteiger partial charge in [0.25, 0.3) is 0 Å². The number of terminal acetylenes is 1. The van der Waals surface area contributed by atoms with E-state index in [0.717, 1.165) is 38.8 Å². The van der Waals surface area contributed by atoms with Crippen LogP contribution in [0.1, 0.15) is 46.0 Å². The maximum atomic E-state index is 10.4. The van der Waals surface area contributed by atoms with Crippen LogP contribution < -0.4 is 0 Å². The van der Waals surface area contributed by atoms with E-state index in [0.29, 0.717) is 12.5 Å². The number of nitrogens with zero attached hydrogens (tertiary/aromatic N) is 1. The molecule has 1 saturated heterocycles. The highest BCUT2D eigenvalue weighted by atomic mass is 16.3. The lowest BCUT2D eigenvalue weighted by molar-refractivity contribution is 0.0176. The Morgan fingerprint density at radius 2 is 2.13 bits per heavy atom. The highest BCUT2D eigenvalue weighted by molar-refractivity contribution is 4.91. The van der Waals surface area contributed by atoms with Gasteiger partial charge in [0.05, 0.1) is 5.60 Å². The Balaban J connectivity index is 2.47. The van der Waals surface area contributed by atoms with Crippen LogP contribution in [0.3, 0.4) is 0 Å². The first-order chi connectivity index (χ1) is 7.07. The van der Waals surface area contributed by atoms with Gasteiger partial charge in [0, 0.05) is 19.0 Å². The lowest BCUT2D eigenvalue weighted by Crippen LogP contribution is -2.34. The molecule has 86 valence electrons. The fourth-order valence-corrected chi connectivity index (χ4v) is 2.27. The van der Waals surface area contributed by atoms with Gasteiger partial charge in [0.2, 0.25) is 0 Å². The van der Waals surface area contributed by atoms with Crippen molar-refractivity contribution in [2.45, 2.75) is 57.6 Å². The van der Waals surface area contributed by atoms with Crippen LogP contribution in [0.4, 0.5) is 0 Å². The van der Waals surface area contributed by atoms with Crippen molar-refractivity contribution < 1.29 is 5.11 Å². The maximum absolute atomic E-state index is 10.4. The number of hydrogen-bond acceptors (Lipinski definition) is 2. The molecule has 1 N–H and O–H groups in total. The quantitative estimate of drug-likeness (QED) is 0.719. The van der Waals surface area contributed by atoms with E-state index in [4.69, 9.17) is 6.42 Å². The molecule has 0 aliphatic carbocycles. The predicted molar refractivity (Wildman–Crippen MR) is 63.6 cm³/mol. The standard InChI is InChI=1S/C13H23NO/c1-4-5-7-13(15)8-6-10-14(11-9-13)12(2)3/h1,12,15H,5-11H2,2-3H3. The molecule has 2 heteroatoms. The zero-order valence-electron chi connectivity index (χ0n) is 10.00. The van der Waals surface area contributed by atoms with Gasteiger partial charge in [0.1, 0.15) is 0 Å². The first kappa shape index (κ1) is 12.5. The Morgan fingerprint density at radius 1 is 1.40 bits per heavy atom. The molecule has 0 saturated carbocycles. The van der Waals surface area contributed by atoms with Crippen LogP contribution in [0.25, 0.3) is 0 Å². The third-order valence-electron chi connectivity index (χ3n) is 3.42. The number of likely N-dealkylation sites (tertiary alicyclic amines) is 1. The van der Waals surface area contributed by atoms with Crippen LogP contribution in [0, 0.1) is 12.3 Å². The minimum Gasteiger partial charge on any atom is -0.390 e. The molecule has 0 aromatic carbocycles. The molecule has 1 heterocycles. The van der Waals surface area contributed by atoms with E-state index < -0.39 is 5.60 Å². The molecule has 0 aromatic rings. The molecule has 1 atom stereocenters. The second kappa shape index (κ2) is 5.53. The molecule has 1 rings (SSSR count). The van der Waals surface area contributed by atoms with Crippen molar-refractivity contribution in [3.05, 3.63) is 0 Å². The third-order valence-corrected chi connectivity index (χ3v) is 3.42. The van der Waals surface area contributed by atoms with E-state index in [-0.39, 0.29) is 0 Å².